The molecule has 2 heterocycles. The molecule has 1 aromatic heterocycles. The molecule has 1 amide bonds. The summed E-state index contributed by atoms with van der Waals surface area (Å²) in [5, 5.41) is 0. The number of H-pyrrole nitrogens is 1. The van der Waals surface area contributed by atoms with Crippen LogP contribution >= 0.6 is 0 Å². The third kappa shape index (κ3) is 4.70. The van der Waals surface area contributed by atoms with Crippen molar-refractivity contribution >= 4 is 5.91 Å². The molecule has 0 unspecified atom stereocenters. The summed E-state index contributed by atoms with van der Waals surface area (Å²) in [4.78, 5) is 32.8. The molecule has 26 heavy (non-hydrogen) atoms. The van der Waals surface area contributed by atoms with E-state index in [-0.39, 0.29) is 17.4 Å². The summed E-state index contributed by atoms with van der Waals surface area (Å²) in [5.41, 5.74) is 1.41. The van der Waals surface area contributed by atoms with Gasteiger partial charge in [0.15, 0.2) is 0 Å². The van der Waals surface area contributed by atoms with E-state index in [1.807, 2.05) is 29.2 Å². The number of methoxy groups -OCH3 is 1. The van der Waals surface area contributed by atoms with Crippen LogP contribution in [0.15, 0.2) is 41.5 Å². The van der Waals surface area contributed by atoms with Gasteiger partial charge in [0.1, 0.15) is 5.75 Å². The van der Waals surface area contributed by atoms with Crippen LogP contribution in [0.5, 0.6) is 5.75 Å². The van der Waals surface area contributed by atoms with Gasteiger partial charge < -0.3 is 19.4 Å². The highest BCUT2D eigenvalue weighted by atomic mass is 16.5. The SMILES string of the molecule is COc1ccccc1CC(=O)N1CCOC[C@@H](Cc2cc(=O)[nH]cn2)C1. The molecule has 0 saturated carbocycles. The summed E-state index contributed by atoms with van der Waals surface area (Å²) in [7, 11) is 1.60. The Kier molecular flexibility index (Phi) is 6.01. The number of benzene rings is 1. The minimum Gasteiger partial charge on any atom is -0.496 e. The van der Waals surface area contributed by atoms with E-state index in [9.17, 15) is 9.59 Å². The number of hydrogen-bond acceptors (Lipinski definition) is 5. The van der Waals surface area contributed by atoms with Gasteiger partial charge in [-0.15, -0.1) is 0 Å². The highest BCUT2D eigenvalue weighted by molar-refractivity contribution is 5.79. The predicted octanol–water partition coefficient (Wildman–Crippen LogP) is 1.04. The molecule has 1 N–H and O–H groups in total. The maximum absolute atomic E-state index is 12.8. The van der Waals surface area contributed by atoms with Crippen molar-refractivity contribution in [2.24, 2.45) is 5.92 Å². The van der Waals surface area contributed by atoms with Crippen LogP contribution in [0, 0.1) is 5.92 Å². The first kappa shape index (κ1) is 18.1. The molecule has 7 heteroatoms. The number of carbonyl (C=O) groups excluding carboxylic acids is 1. The lowest BCUT2D eigenvalue weighted by atomic mass is 10.0. The van der Waals surface area contributed by atoms with Crippen molar-refractivity contribution in [1.82, 2.24) is 14.9 Å². The Balaban J connectivity index is 1.66. The third-order valence-electron chi connectivity index (χ3n) is 4.46. The van der Waals surface area contributed by atoms with E-state index in [0.29, 0.717) is 44.8 Å². The summed E-state index contributed by atoms with van der Waals surface area (Å²) >= 11 is 0. The van der Waals surface area contributed by atoms with E-state index < -0.39 is 0 Å². The van der Waals surface area contributed by atoms with Gasteiger partial charge in [-0.3, -0.25) is 9.59 Å². The lowest BCUT2D eigenvalue weighted by Gasteiger charge is -2.24. The normalized spacial score (nSPS) is 17.6. The van der Waals surface area contributed by atoms with Crippen LogP contribution in [0.25, 0.3) is 0 Å². The summed E-state index contributed by atoms with van der Waals surface area (Å²) in [6.45, 7) is 2.21. The Morgan fingerprint density at radius 3 is 3.08 bits per heavy atom. The van der Waals surface area contributed by atoms with Gasteiger partial charge in [-0.05, 0) is 12.5 Å². The Labute approximate surface area is 152 Å². The average molecular weight is 357 g/mol. The van der Waals surface area contributed by atoms with Crippen molar-refractivity contribution in [1.29, 1.82) is 0 Å². The summed E-state index contributed by atoms with van der Waals surface area (Å²) in [6, 6.07) is 9.04. The minimum absolute atomic E-state index is 0.0452. The summed E-state index contributed by atoms with van der Waals surface area (Å²) < 4.78 is 11.0. The van der Waals surface area contributed by atoms with Crippen molar-refractivity contribution in [2.45, 2.75) is 12.8 Å². The first-order valence-corrected chi connectivity index (χ1v) is 8.66. The lowest BCUT2D eigenvalue weighted by molar-refractivity contribution is -0.130. The second-order valence-corrected chi connectivity index (χ2v) is 6.38. The van der Waals surface area contributed by atoms with Crippen LogP contribution < -0.4 is 10.3 Å². The smallest absolute Gasteiger partial charge is 0.250 e. The number of amides is 1. The molecule has 0 aliphatic carbocycles. The number of hydrogen-bond donors (Lipinski definition) is 1. The lowest BCUT2D eigenvalue weighted by Crippen LogP contribution is -2.37. The van der Waals surface area contributed by atoms with Gasteiger partial charge in [-0.1, -0.05) is 18.2 Å². The zero-order valence-corrected chi connectivity index (χ0v) is 14.8. The second kappa shape index (κ2) is 8.62. The molecule has 0 bridgehead atoms. The zero-order chi connectivity index (χ0) is 18.4. The molecule has 0 radical (unpaired) electrons. The monoisotopic (exact) mass is 357 g/mol. The van der Waals surface area contributed by atoms with Gasteiger partial charge in [0.05, 0.1) is 33.1 Å². The van der Waals surface area contributed by atoms with Gasteiger partial charge in [-0.2, -0.15) is 0 Å². The molecule has 1 saturated heterocycles. The van der Waals surface area contributed by atoms with Crippen molar-refractivity contribution in [3.05, 3.63) is 58.3 Å². The van der Waals surface area contributed by atoms with Crippen LogP contribution in [0.1, 0.15) is 11.3 Å². The fourth-order valence-corrected chi connectivity index (χ4v) is 3.17. The molecule has 1 fully saturated rings. The maximum atomic E-state index is 12.8. The Morgan fingerprint density at radius 1 is 1.42 bits per heavy atom. The van der Waals surface area contributed by atoms with Gasteiger partial charge in [-0.25, -0.2) is 4.98 Å². The van der Waals surface area contributed by atoms with Gasteiger partial charge in [0, 0.05) is 36.3 Å². The molecule has 1 aromatic carbocycles. The van der Waals surface area contributed by atoms with E-state index in [4.69, 9.17) is 9.47 Å². The molecule has 7 nitrogen and oxygen atoms in total. The first-order valence-electron chi connectivity index (χ1n) is 8.66. The number of ether oxygens (including phenoxy) is 2. The zero-order valence-electron chi connectivity index (χ0n) is 14.8. The average Bonchev–Trinajstić information content (AvgIpc) is 2.88. The quantitative estimate of drug-likeness (QED) is 0.864. The highest BCUT2D eigenvalue weighted by Gasteiger charge is 2.24. The van der Waals surface area contributed by atoms with E-state index >= 15 is 0 Å². The molecule has 2 aromatic rings. The fourth-order valence-electron chi connectivity index (χ4n) is 3.17. The van der Waals surface area contributed by atoms with Crippen LogP contribution in [0.4, 0.5) is 0 Å². The molecule has 1 atom stereocenters. The molecular weight excluding hydrogens is 334 g/mol. The molecule has 138 valence electrons. The maximum Gasteiger partial charge on any atom is 0.250 e. The van der Waals surface area contributed by atoms with E-state index in [0.717, 1.165) is 11.3 Å². The van der Waals surface area contributed by atoms with Gasteiger partial charge >= 0.3 is 0 Å². The van der Waals surface area contributed by atoms with Crippen LogP contribution in [-0.4, -0.2) is 54.2 Å². The molecule has 0 spiro atoms. The topological polar surface area (TPSA) is 84.5 Å². The Bertz CT molecular complexity index is 805. The van der Waals surface area contributed by atoms with Crippen molar-refractivity contribution < 1.29 is 14.3 Å². The van der Waals surface area contributed by atoms with Crippen molar-refractivity contribution in [3.8, 4) is 5.75 Å². The van der Waals surface area contributed by atoms with E-state index in [1.165, 1.54) is 12.4 Å². The van der Waals surface area contributed by atoms with E-state index in [1.54, 1.807) is 7.11 Å². The standard InChI is InChI=1S/C19H23N3O4/c1-25-17-5-3-2-4-15(17)9-19(24)22-6-7-26-12-14(11-22)8-16-10-18(23)21-13-20-16/h2-5,10,13-14H,6-9,11-12H2,1H3,(H,20,21,23)/t14-/m0/s1. The number of aromatic amines is 1. The molecular formula is C19H23N3O4. The predicted molar refractivity (Wildman–Crippen MR) is 96.1 cm³/mol. The van der Waals surface area contributed by atoms with Crippen LogP contribution in [0.3, 0.4) is 0 Å². The molecule has 1 aliphatic heterocycles. The highest BCUT2D eigenvalue weighted by Crippen LogP contribution is 2.19. The largest absolute Gasteiger partial charge is 0.496 e. The Morgan fingerprint density at radius 2 is 2.27 bits per heavy atom. The third-order valence-corrected chi connectivity index (χ3v) is 4.46. The number of nitrogens with zero attached hydrogens (tertiary/aromatic N) is 2. The Hall–Kier alpha value is -2.67. The molecule has 3 rings (SSSR count). The number of nitrogens with one attached hydrogen (secondary N) is 1. The van der Waals surface area contributed by atoms with E-state index in [2.05, 4.69) is 9.97 Å². The first-order chi connectivity index (χ1) is 12.7. The van der Waals surface area contributed by atoms with Gasteiger partial charge in [0.25, 0.3) is 5.56 Å². The van der Waals surface area contributed by atoms with Crippen LogP contribution in [0.2, 0.25) is 0 Å². The number of aromatic nitrogens is 2. The fraction of sp³-hybridized carbons (Fsp3) is 0.421. The summed E-state index contributed by atoms with van der Waals surface area (Å²) in [6.07, 6.45) is 2.29. The second-order valence-electron chi connectivity index (χ2n) is 6.38. The summed E-state index contributed by atoms with van der Waals surface area (Å²) in [5.74, 6) is 0.869. The number of carbonyl (C=O) groups is 1. The van der Waals surface area contributed by atoms with Crippen molar-refractivity contribution in [2.75, 3.05) is 33.4 Å². The number of rotatable bonds is 5. The molecule has 1 aliphatic rings. The van der Waals surface area contributed by atoms with Crippen molar-refractivity contribution in [3.63, 3.8) is 0 Å². The van der Waals surface area contributed by atoms with Crippen LogP contribution in [-0.2, 0) is 22.4 Å². The van der Waals surface area contributed by atoms with Gasteiger partial charge in [0.2, 0.25) is 5.91 Å². The minimum atomic E-state index is -0.173. The number of para-hydroxylation sites is 1.